The topological polar surface area (TPSA) is 47.6 Å². The number of benzene rings is 2. The van der Waals surface area contributed by atoms with Crippen molar-refractivity contribution in [3.8, 4) is 11.5 Å². The van der Waals surface area contributed by atoms with Gasteiger partial charge in [0.1, 0.15) is 18.1 Å². The number of hydrogen-bond donors (Lipinski definition) is 1. The van der Waals surface area contributed by atoms with Gasteiger partial charge in [0.05, 0.1) is 10.6 Å². The highest BCUT2D eigenvalue weighted by Crippen LogP contribution is 2.27. The molecule has 0 atom stereocenters. The van der Waals surface area contributed by atoms with Gasteiger partial charge in [-0.25, -0.2) is 0 Å². The number of nitrogens with one attached hydrogen (secondary N) is 1. The Bertz CT molecular complexity index is 972. The van der Waals surface area contributed by atoms with Crippen molar-refractivity contribution >= 4 is 22.9 Å². The monoisotopic (exact) mass is 403 g/mol. The summed E-state index contributed by atoms with van der Waals surface area (Å²) < 4.78 is 35.3. The van der Waals surface area contributed by atoms with Gasteiger partial charge in [-0.2, -0.15) is 8.78 Å². The SMILES string of the molecule is Cc1ccc(C)c(OCc2csc(C(=O)Nc3ccccc3OC(F)F)c2)c1. The van der Waals surface area contributed by atoms with E-state index in [-0.39, 0.29) is 11.4 Å². The van der Waals surface area contributed by atoms with Crippen molar-refractivity contribution in [3.63, 3.8) is 0 Å². The molecule has 3 rings (SSSR count). The summed E-state index contributed by atoms with van der Waals surface area (Å²) in [5, 5.41) is 4.44. The molecular formula is C21H19F2NO3S. The summed E-state index contributed by atoms with van der Waals surface area (Å²) in [4.78, 5) is 12.9. The van der Waals surface area contributed by atoms with Gasteiger partial charge in [0.2, 0.25) is 0 Å². The van der Waals surface area contributed by atoms with E-state index >= 15 is 0 Å². The Labute approximate surface area is 165 Å². The maximum atomic E-state index is 12.5. The number of rotatable bonds is 7. The van der Waals surface area contributed by atoms with Crippen LogP contribution in [0.25, 0.3) is 0 Å². The molecule has 0 saturated carbocycles. The molecule has 0 unspecified atom stereocenters. The quantitative estimate of drug-likeness (QED) is 0.543. The molecule has 1 amide bonds. The predicted molar refractivity (Wildman–Crippen MR) is 106 cm³/mol. The van der Waals surface area contributed by atoms with Crippen molar-refractivity contribution in [1.29, 1.82) is 0 Å². The fourth-order valence-electron chi connectivity index (χ4n) is 2.55. The van der Waals surface area contributed by atoms with Gasteiger partial charge < -0.3 is 14.8 Å². The van der Waals surface area contributed by atoms with E-state index in [9.17, 15) is 13.6 Å². The Hall–Kier alpha value is -2.93. The van der Waals surface area contributed by atoms with Crippen LogP contribution in [0.1, 0.15) is 26.4 Å². The van der Waals surface area contributed by atoms with Crippen LogP contribution in [0.5, 0.6) is 11.5 Å². The normalized spacial score (nSPS) is 10.8. The Morgan fingerprint density at radius 1 is 1.11 bits per heavy atom. The van der Waals surface area contributed by atoms with Crippen LogP contribution >= 0.6 is 11.3 Å². The third-order valence-corrected chi connectivity index (χ3v) is 4.94. The summed E-state index contributed by atoms with van der Waals surface area (Å²) in [6.45, 7) is 1.34. The van der Waals surface area contributed by atoms with Gasteiger partial charge >= 0.3 is 6.61 Å². The fourth-order valence-corrected chi connectivity index (χ4v) is 3.34. The molecule has 3 aromatic rings. The zero-order valence-electron chi connectivity index (χ0n) is 15.4. The number of amides is 1. The summed E-state index contributed by atoms with van der Waals surface area (Å²) >= 11 is 1.26. The van der Waals surface area contributed by atoms with Crippen molar-refractivity contribution in [1.82, 2.24) is 0 Å². The number of alkyl halides is 2. The molecule has 28 heavy (non-hydrogen) atoms. The molecule has 1 aromatic heterocycles. The van der Waals surface area contributed by atoms with Crippen molar-refractivity contribution in [2.45, 2.75) is 27.1 Å². The lowest BCUT2D eigenvalue weighted by atomic mass is 10.1. The number of para-hydroxylation sites is 2. The van der Waals surface area contributed by atoms with Crippen molar-refractivity contribution in [3.05, 3.63) is 75.5 Å². The third kappa shape index (κ3) is 5.07. The zero-order valence-corrected chi connectivity index (χ0v) is 16.2. The first kappa shape index (κ1) is 19.8. The Kier molecular flexibility index (Phi) is 6.26. The van der Waals surface area contributed by atoms with E-state index in [1.165, 1.54) is 23.5 Å². The molecule has 0 bridgehead atoms. The van der Waals surface area contributed by atoms with E-state index in [4.69, 9.17) is 4.74 Å². The first-order valence-corrected chi connectivity index (χ1v) is 9.43. The second kappa shape index (κ2) is 8.84. The molecule has 1 heterocycles. The van der Waals surface area contributed by atoms with Crippen LogP contribution < -0.4 is 14.8 Å². The highest BCUT2D eigenvalue weighted by molar-refractivity contribution is 7.12. The summed E-state index contributed by atoms with van der Waals surface area (Å²) in [5.41, 5.74) is 3.19. The number of ether oxygens (including phenoxy) is 2. The Balaban J connectivity index is 1.65. The molecule has 0 spiro atoms. The van der Waals surface area contributed by atoms with Gasteiger partial charge in [0.15, 0.2) is 0 Å². The number of carbonyl (C=O) groups excluding carboxylic acids is 1. The minimum atomic E-state index is -2.96. The summed E-state index contributed by atoms with van der Waals surface area (Å²) in [6.07, 6.45) is 0. The van der Waals surface area contributed by atoms with Crippen LogP contribution in [0.4, 0.5) is 14.5 Å². The van der Waals surface area contributed by atoms with E-state index in [0.29, 0.717) is 11.5 Å². The molecule has 0 aliphatic rings. The average Bonchev–Trinajstić information content (AvgIpc) is 3.13. The van der Waals surface area contributed by atoms with Gasteiger partial charge in [-0.05, 0) is 54.6 Å². The molecule has 1 N–H and O–H groups in total. The smallest absolute Gasteiger partial charge is 0.387 e. The molecule has 0 aliphatic carbocycles. The van der Waals surface area contributed by atoms with Crippen LogP contribution in [0, 0.1) is 13.8 Å². The van der Waals surface area contributed by atoms with Crippen molar-refractivity contribution in [2.75, 3.05) is 5.32 Å². The Morgan fingerprint density at radius 2 is 1.89 bits per heavy atom. The first-order chi connectivity index (χ1) is 13.4. The lowest BCUT2D eigenvalue weighted by Crippen LogP contribution is -2.12. The molecule has 4 nitrogen and oxygen atoms in total. The minimum Gasteiger partial charge on any atom is -0.489 e. The lowest BCUT2D eigenvalue weighted by Gasteiger charge is -2.11. The van der Waals surface area contributed by atoms with Crippen LogP contribution in [0.15, 0.2) is 53.9 Å². The van der Waals surface area contributed by atoms with E-state index in [1.54, 1.807) is 18.2 Å². The molecule has 0 radical (unpaired) electrons. The summed E-state index contributed by atoms with van der Waals surface area (Å²) in [6, 6.07) is 13.8. The minimum absolute atomic E-state index is 0.0825. The lowest BCUT2D eigenvalue weighted by molar-refractivity contribution is -0.0493. The predicted octanol–water partition coefficient (Wildman–Crippen LogP) is 5.80. The molecule has 7 heteroatoms. The van der Waals surface area contributed by atoms with Crippen molar-refractivity contribution in [2.24, 2.45) is 0 Å². The second-order valence-corrected chi connectivity index (χ2v) is 7.12. The first-order valence-electron chi connectivity index (χ1n) is 8.55. The maximum absolute atomic E-state index is 12.5. The van der Waals surface area contributed by atoms with Crippen LogP contribution in [0.2, 0.25) is 0 Å². The van der Waals surface area contributed by atoms with Gasteiger partial charge in [-0.3, -0.25) is 4.79 Å². The molecule has 146 valence electrons. The molecule has 0 saturated heterocycles. The number of carbonyl (C=O) groups is 1. The molecule has 0 aliphatic heterocycles. The highest BCUT2D eigenvalue weighted by Gasteiger charge is 2.14. The number of halogens is 2. The van der Waals surface area contributed by atoms with Crippen LogP contribution in [-0.4, -0.2) is 12.5 Å². The van der Waals surface area contributed by atoms with Crippen LogP contribution in [-0.2, 0) is 6.61 Å². The summed E-state index contributed by atoms with van der Waals surface area (Å²) in [7, 11) is 0. The maximum Gasteiger partial charge on any atom is 0.387 e. The molecule has 0 fully saturated rings. The van der Waals surface area contributed by atoms with Gasteiger partial charge in [0, 0.05) is 5.56 Å². The van der Waals surface area contributed by atoms with E-state index < -0.39 is 12.5 Å². The third-order valence-electron chi connectivity index (χ3n) is 3.97. The van der Waals surface area contributed by atoms with Crippen molar-refractivity contribution < 1.29 is 23.0 Å². The number of aryl methyl sites for hydroxylation is 2. The zero-order chi connectivity index (χ0) is 20.1. The summed E-state index contributed by atoms with van der Waals surface area (Å²) in [5.74, 6) is 0.324. The number of anilines is 1. The van der Waals surface area contributed by atoms with Gasteiger partial charge in [0.25, 0.3) is 5.91 Å². The van der Waals surface area contributed by atoms with Crippen LogP contribution in [0.3, 0.4) is 0 Å². The highest BCUT2D eigenvalue weighted by atomic mass is 32.1. The number of thiophene rings is 1. The second-order valence-electron chi connectivity index (χ2n) is 6.21. The van der Waals surface area contributed by atoms with Gasteiger partial charge in [-0.1, -0.05) is 24.3 Å². The van der Waals surface area contributed by atoms with Gasteiger partial charge in [-0.15, -0.1) is 11.3 Å². The standard InChI is InChI=1S/C21H19F2NO3S/c1-13-7-8-14(2)18(9-13)26-11-15-10-19(28-12-15)20(25)24-16-5-3-4-6-17(16)27-21(22)23/h3-10,12,21H,11H2,1-2H3,(H,24,25). The fraction of sp³-hybridized carbons (Fsp3) is 0.190. The average molecular weight is 403 g/mol. The van der Waals surface area contributed by atoms with E-state index in [0.717, 1.165) is 22.4 Å². The van der Waals surface area contributed by atoms with E-state index in [2.05, 4.69) is 10.1 Å². The largest absolute Gasteiger partial charge is 0.489 e. The molecular weight excluding hydrogens is 384 g/mol. The number of hydrogen-bond acceptors (Lipinski definition) is 4. The Morgan fingerprint density at radius 3 is 2.68 bits per heavy atom. The molecule has 2 aromatic carbocycles. The van der Waals surface area contributed by atoms with E-state index in [1.807, 2.05) is 37.4 Å².